The summed E-state index contributed by atoms with van der Waals surface area (Å²) in [6.45, 7) is 4.20. The first-order valence-electron chi connectivity index (χ1n) is 10.7. The molecule has 4 N–H and O–H groups in total. The Hall–Kier alpha value is 0.300. The van der Waals surface area contributed by atoms with E-state index >= 15 is 0 Å². The summed E-state index contributed by atoms with van der Waals surface area (Å²) in [5.41, 5.74) is 0. The van der Waals surface area contributed by atoms with Gasteiger partial charge in [0, 0.05) is 13.0 Å². The van der Waals surface area contributed by atoms with Gasteiger partial charge in [0.1, 0.15) is 0 Å². The Morgan fingerprint density at radius 3 is 1.07 bits per heavy atom. The summed E-state index contributed by atoms with van der Waals surface area (Å²) in [7, 11) is -4.67. The molecular weight excluding hydrogens is 407 g/mol. The Morgan fingerprint density at radius 1 is 0.655 bits per heavy atom. The summed E-state index contributed by atoms with van der Waals surface area (Å²) in [4.78, 5) is 10.3. The number of rotatable bonds is 16. The van der Waals surface area contributed by atoms with Gasteiger partial charge in [-0.25, -0.2) is 0 Å². The normalized spacial score (nSPS) is 10.1. The van der Waals surface area contributed by atoms with Gasteiger partial charge in [0.25, 0.3) is 0 Å². The molecule has 0 aromatic carbocycles. The number of hydrogen-bond donors (Lipinski definition) is 4. The summed E-state index contributed by atoms with van der Waals surface area (Å²) in [6, 6.07) is 0. The number of carboxylic acid groups (broad SMARTS) is 1. The minimum atomic E-state index is -4.67. The third-order valence-electron chi connectivity index (χ3n) is 3.99. The molecule has 29 heavy (non-hydrogen) atoms. The fourth-order valence-electron chi connectivity index (χ4n) is 2.65. The number of aliphatic hydroxyl groups excluding tert-OH is 1. The first-order valence-corrected chi connectivity index (χ1v) is 12.1. The van der Waals surface area contributed by atoms with Crippen LogP contribution in [0.2, 0.25) is 0 Å². The molecule has 0 bridgehead atoms. The van der Waals surface area contributed by atoms with Gasteiger partial charge in [-0.1, -0.05) is 96.8 Å². The van der Waals surface area contributed by atoms with E-state index in [-0.39, 0.29) is 36.2 Å². The van der Waals surface area contributed by atoms with Gasteiger partial charge in [0.05, 0.1) is 0 Å². The van der Waals surface area contributed by atoms with Crippen LogP contribution < -0.4 is 0 Å². The van der Waals surface area contributed by atoms with E-state index in [2.05, 4.69) is 6.92 Å². The molecule has 0 fully saturated rings. The van der Waals surface area contributed by atoms with Crippen LogP contribution in [0.25, 0.3) is 0 Å². The van der Waals surface area contributed by atoms with Crippen molar-refractivity contribution in [3.63, 3.8) is 0 Å². The van der Waals surface area contributed by atoms with Crippen molar-refractivity contribution in [3.05, 3.63) is 0 Å². The van der Waals surface area contributed by atoms with Crippen molar-refractivity contribution in [2.45, 2.75) is 117 Å². The first kappa shape index (κ1) is 36.7. The molecule has 0 saturated carbocycles. The van der Waals surface area contributed by atoms with Crippen LogP contribution in [-0.4, -0.2) is 69.9 Å². The van der Waals surface area contributed by atoms with Gasteiger partial charge in [-0.2, -0.15) is 8.42 Å². The number of hydrogen-bond acceptors (Lipinski definition) is 4. The van der Waals surface area contributed by atoms with Gasteiger partial charge in [0.15, 0.2) is 0 Å². The standard InChI is InChI=1S/C18H36O2.C2H6O.Na.H2O4S.H/c1-2-3-4-5-6-7-8-9-10-11-12-13-14-15-16-17-18(19)20;1-2-3;;1-5(2,3)4;/h2-17H2,1H3,(H,19,20);3H,2H2,1H3;;(H2,1,2,3,4);. The number of unbranched alkanes of at least 4 members (excludes halogenated alkanes) is 14. The van der Waals surface area contributed by atoms with Crippen LogP contribution in [-0.2, 0) is 15.2 Å². The van der Waals surface area contributed by atoms with Crippen molar-refractivity contribution in [3.8, 4) is 0 Å². The van der Waals surface area contributed by atoms with Crippen LogP contribution >= 0.6 is 0 Å². The third-order valence-corrected chi connectivity index (χ3v) is 3.99. The molecule has 0 aliphatic heterocycles. The summed E-state index contributed by atoms with van der Waals surface area (Å²) >= 11 is 0. The van der Waals surface area contributed by atoms with E-state index in [1.54, 1.807) is 6.92 Å². The molecule has 0 rings (SSSR count). The van der Waals surface area contributed by atoms with E-state index in [0.717, 1.165) is 12.8 Å². The molecule has 0 radical (unpaired) electrons. The summed E-state index contributed by atoms with van der Waals surface area (Å²) in [5, 5.41) is 16.1. The molecule has 174 valence electrons. The monoisotopic (exact) mass is 452 g/mol. The van der Waals surface area contributed by atoms with E-state index in [9.17, 15) is 4.79 Å². The molecule has 0 aliphatic rings. The van der Waals surface area contributed by atoms with Crippen LogP contribution in [0.15, 0.2) is 0 Å². The Morgan fingerprint density at radius 2 is 0.862 bits per heavy atom. The van der Waals surface area contributed by atoms with Crippen LogP contribution in [0.1, 0.15) is 117 Å². The molecule has 0 unspecified atom stereocenters. The zero-order valence-electron chi connectivity index (χ0n) is 17.9. The third kappa shape index (κ3) is 65.4. The minimum absolute atomic E-state index is 0. The fraction of sp³-hybridized carbons (Fsp3) is 0.950. The van der Waals surface area contributed by atoms with Gasteiger partial charge >= 0.3 is 45.9 Å². The average molecular weight is 453 g/mol. The van der Waals surface area contributed by atoms with E-state index in [1.165, 1.54) is 83.5 Å². The second kappa shape index (κ2) is 30.5. The Balaban J connectivity index is -0.000000294. The van der Waals surface area contributed by atoms with Gasteiger partial charge in [-0.05, 0) is 13.3 Å². The van der Waals surface area contributed by atoms with Crippen molar-refractivity contribution >= 4 is 45.9 Å². The van der Waals surface area contributed by atoms with Gasteiger partial charge in [-0.3, -0.25) is 13.9 Å². The summed E-state index contributed by atoms with van der Waals surface area (Å²) in [5.74, 6) is -0.653. The molecule has 0 spiro atoms. The second-order valence-corrected chi connectivity index (χ2v) is 7.75. The number of carbonyl (C=O) groups is 1. The summed E-state index contributed by atoms with van der Waals surface area (Å²) < 4.78 is 31.6. The van der Waals surface area contributed by atoms with E-state index < -0.39 is 16.4 Å². The number of aliphatic carboxylic acids is 1. The SMILES string of the molecule is CCCCCCCCCCCCCCCCCC(=O)O.CCO.O=S(=O)(O)O.[NaH]. The molecule has 7 nitrogen and oxygen atoms in total. The maximum atomic E-state index is 10.3. The predicted molar refractivity (Wildman–Crippen MR) is 121 cm³/mol. The van der Waals surface area contributed by atoms with Crippen LogP contribution in [0.4, 0.5) is 0 Å². The number of carboxylic acids is 1. The van der Waals surface area contributed by atoms with Crippen LogP contribution in [0, 0.1) is 0 Å². The van der Waals surface area contributed by atoms with Crippen molar-refractivity contribution in [2.75, 3.05) is 6.61 Å². The molecule has 0 aromatic rings. The zero-order valence-corrected chi connectivity index (χ0v) is 18.8. The predicted octanol–water partition coefficient (Wildman–Crippen LogP) is 5.03. The quantitative estimate of drug-likeness (QED) is 0.147. The molecule has 0 aliphatic carbocycles. The molecule has 0 amide bonds. The van der Waals surface area contributed by atoms with Gasteiger partial charge in [-0.15, -0.1) is 0 Å². The molecule has 0 atom stereocenters. The molecule has 9 heteroatoms. The Bertz CT molecular complexity index is 396. The van der Waals surface area contributed by atoms with Gasteiger partial charge in [0.2, 0.25) is 0 Å². The fourth-order valence-corrected chi connectivity index (χ4v) is 2.65. The van der Waals surface area contributed by atoms with Gasteiger partial charge < -0.3 is 10.2 Å². The van der Waals surface area contributed by atoms with E-state index in [1.807, 2.05) is 0 Å². The van der Waals surface area contributed by atoms with Crippen molar-refractivity contribution in [1.82, 2.24) is 0 Å². The van der Waals surface area contributed by atoms with Crippen molar-refractivity contribution in [2.24, 2.45) is 0 Å². The van der Waals surface area contributed by atoms with Crippen molar-refractivity contribution in [1.29, 1.82) is 0 Å². The van der Waals surface area contributed by atoms with E-state index in [4.69, 9.17) is 27.7 Å². The van der Waals surface area contributed by atoms with Crippen LogP contribution in [0.3, 0.4) is 0 Å². The zero-order chi connectivity index (χ0) is 22.1. The second-order valence-electron chi connectivity index (χ2n) is 6.86. The summed E-state index contributed by atoms with van der Waals surface area (Å²) in [6.07, 6.45) is 20.2. The maximum absolute atomic E-state index is 10.3. The van der Waals surface area contributed by atoms with E-state index in [0.29, 0.717) is 6.42 Å². The van der Waals surface area contributed by atoms with Crippen molar-refractivity contribution < 1.29 is 32.5 Å². The molecule has 0 aromatic heterocycles. The Kier molecular flexibility index (Phi) is 38.5. The topological polar surface area (TPSA) is 132 Å². The number of aliphatic hydroxyl groups is 1. The molecule has 0 heterocycles. The molecular formula is C20H45NaO7S. The first-order chi connectivity index (χ1) is 13.2. The molecule has 0 saturated heterocycles. The Labute approximate surface area is 200 Å². The average Bonchev–Trinajstić information content (AvgIpc) is 2.57. The van der Waals surface area contributed by atoms with Crippen LogP contribution in [0.5, 0.6) is 0 Å².